The summed E-state index contributed by atoms with van der Waals surface area (Å²) in [5, 5.41) is 2.35. The molecule has 3 aromatic carbocycles. The van der Waals surface area contributed by atoms with Gasteiger partial charge in [0, 0.05) is 0 Å². The van der Waals surface area contributed by atoms with Gasteiger partial charge in [-0.25, -0.2) is 0 Å². The summed E-state index contributed by atoms with van der Waals surface area (Å²) in [6.07, 6.45) is 25.3. The second kappa shape index (κ2) is 14.8. The predicted octanol–water partition coefficient (Wildman–Crippen LogP) is 12.4. The van der Waals surface area contributed by atoms with Gasteiger partial charge in [0.2, 0.25) is 0 Å². The van der Waals surface area contributed by atoms with E-state index in [-0.39, 0.29) is 0 Å². The van der Waals surface area contributed by atoms with Gasteiger partial charge < -0.3 is 0 Å². The van der Waals surface area contributed by atoms with E-state index in [1.165, 1.54) is 38.8 Å². The molecule has 2 aliphatic carbocycles. The monoisotopic (exact) mass is 568 g/mol. The van der Waals surface area contributed by atoms with E-state index in [1.54, 1.807) is 6.08 Å². The van der Waals surface area contributed by atoms with Crippen LogP contribution in [0.3, 0.4) is 0 Å². The topological polar surface area (TPSA) is 0 Å². The van der Waals surface area contributed by atoms with Crippen molar-refractivity contribution in [3.63, 3.8) is 0 Å². The highest BCUT2D eigenvalue weighted by molar-refractivity contribution is 6.02. The normalized spacial score (nSPS) is 14.5. The van der Waals surface area contributed by atoms with E-state index in [0.717, 1.165) is 53.4 Å². The molecule has 0 unspecified atom stereocenters. The van der Waals surface area contributed by atoms with Gasteiger partial charge in [-0.3, -0.25) is 0 Å². The number of hydrogen-bond acceptors (Lipinski definition) is 0. The third-order valence-corrected chi connectivity index (χ3v) is 8.17. The van der Waals surface area contributed by atoms with Gasteiger partial charge >= 0.3 is 0 Å². The first kappa shape index (κ1) is 30.3. The van der Waals surface area contributed by atoms with Crippen molar-refractivity contribution < 1.29 is 0 Å². The minimum atomic E-state index is 0.834. The Kier molecular flexibility index (Phi) is 10.2. The van der Waals surface area contributed by atoms with Crippen LogP contribution >= 0.6 is 0 Å². The fraction of sp³-hybridized carbons (Fsp3) is 0.0909. The fourth-order valence-electron chi connectivity index (χ4n) is 5.67. The van der Waals surface area contributed by atoms with E-state index in [4.69, 9.17) is 0 Å². The van der Waals surface area contributed by atoms with Crippen LogP contribution in [0.1, 0.15) is 36.8 Å². The largest absolute Gasteiger partial charge is 0.0991 e. The highest BCUT2D eigenvalue weighted by atomic mass is 14.2. The van der Waals surface area contributed by atoms with E-state index in [2.05, 4.69) is 142 Å². The lowest BCUT2D eigenvalue weighted by Crippen LogP contribution is -1.99. The highest BCUT2D eigenvalue weighted by Gasteiger charge is 2.15. The Morgan fingerprint density at radius 2 is 1.27 bits per heavy atom. The zero-order chi connectivity index (χ0) is 30.7. The summed E-state index contributed by atoms with van der Waals surface area (Å²) >= 11 is 0. The molecule has 0 fully saturated rings. The molecule has 5 rings (SSSR count). The van der Waals surface area contributed by atoms with Crippen LogP contribution in [0.2, 0.25) is 0 Å². The lowest BCUT2D eigenvalue weighted by molar-refractivity contribution is 0.905. The van der Waals surface area contributed by atoms with Crippen LogP contribution in [0.25, 0.3) is 33.0 Å². The van der Waals surface area contributed by atoms with Crippen molar-refractivity contribution in [2.45, 2.75) is 25.7 Å². The van der Waals surface area contributed by atoms with Gasteiger partial charge in [0.1, 0.15) is 0 Å². The standard InChI is InChI=1S/C44H40/c1-5-6-17-33(2)34(3)24-25-35(4)41-22-15-7-8-16-23-42(39-28-26-38(27-29-39)36-18-11-9-12-19-36)43-31-30-40(32-44(41)43)37-20-13-10-14-21-37/h5-11,13-18,20-26,28,30-32H,1-4,12,19,27,29H2. The molecule has 0 aromatic heterocycles. The number of benzene rings is 2. The molecule has 0 heterocycles. The lowest BCUT2D eigenvalue weighted by Gasteiger charge is -2.19. The first-order valence-corrected chi connectivity index (χ1v) is 15.3. The highest BCUT2D eigenvalue weighted by Crippen LogP contribution is 2.37. The maximum absolute atomic E-state index is 4.53. The van der Waals surface area contributed by atoms with Crippen LogP contribution in [0.4, 0.5) is 0 Å². The van der Waals surface area contributed by atoms with Gasteiger partial charge in [-0.15, -0.1) is 0 Å². The van der Waals surface area contributed by atoms with Crippen LogP contribution in [0.5, 0.6) is 0 Å². The number of hydrogen-bond donors (Lipinski definition) is 0. The van der Waals surface area contributed by atoms with Gasteiger partial charge in [-0.2, -0.15) is 0 Å². The summed E-state index contributed by atoms with van der Waals surface area (Å²) in [7, 11) is 0. The average Bonchev–Trinajstić information content (AvgIpc) is 3.08. The molecule has 0 N–H and O–H groups in total. The smallest absolute Gasteiger partial charge is 0.00933 e. The van der Waals surface area contributed by atoms with Crippen molar-refractivity contribution in [3.05, 3.63) is 205 Å². The summed E-state index contributed by atoms with van der Waals surface area (Å²) in [6.45, 7) is 16.6. The molecule has 0 aliphatic heterocycles. The Balaban J connectivity index is 1.69. The average molecular weight is 569 g/mol. The van der Waals surface area contributed by atoms with Crippen LogP contribution in [0, 0.1) is 0 Å². The van der Waals surface area contributed by atoms with Gasteiger partial charge in [-0.05, 0) is 98.2 Å². The van der Waals surface area contributed by atoms with E-state index in [0.29, 0.717) is 0 Å². The maximum atomic E-state index is 4.53. The van der Waals surface area contributed by atoms with Gasteiger partial charge in [0.15, 0.2) is 0 Å². The van der Waals surface area contributed by atoms with Gasteiger partial charge in [-0.1, -0.05) is 166 Å². The third-order valence-electron chi connectivity index (χ3n) is 8.17. The molecule has 0 saturated carbocycles. The van der Waals surface area contributed by atoms with Crippen LogP contribution in [-0.2, 0) is 0 Å². The molecule has 0 radical (unpaired) electrons. The second-order valence-electron chi connectivity index (χ2n) is 11.1. The molecule has 0 atom stereocenters. The Morgan fingerprint density at radius 1 is 0.591 bits per heavy atom. The van der Waals surface area contributed by atoms with Crippen LogP contribution in [-0.4, -0.2) is 0 Å². The quantitative estimate of drug-likeness (QED) is 0.225. The van der Waals surface area contributed by atoms with E-state index in [9.17, 15) is 0 Å². The summed E-state index contributed by atoms with van der Waals surface area (Å²) in [5.41, 5.74) is 11.5. The summed E-state index contributed by atoms with van der Waals surface area (Å²) in [6, 6.07) is 30.2. The Labute approximate surface area is 263 Å². The van der Waals surface area contributed by atoms with Gasteiger partial charge in [0.05, 0.1) is 0 Å². The lowest BCUT2D eigenvalue weighted by atomic mass is 9.85. The minimum absolute atomic E-state index is 0.834. The zero-order valence-corrected chi connectivity index (χ0v) is 25.5. The van der Waals surface area contributed by atoms with Crippen molar-refractivity contribution in [1.29, 1.82) is 0 Å². The van der Waals surface area contributed by atoms with Crippen LogP contribution in [0.15, 0.2) is 194 Å². The molecule has 44 heavy (non-hydrogen) atoms. The summed E-state index contributed by atoms with van der Waals surface area (Å²) in [5.74, 6) is 0. The van der Waals surface area contributed by atoms with Crippen molar-refractivity contribution in [2.24, 2.45) is 0 Å². The molecule has 0 saturated heterocycles. The number of allylic oxidation sites excluding steroid dienone is 16. The molecule has 3 aromatic rings. The number of rotatable bonds is 9. The Bertz CT molecular complexity index is 1840. The first-order valence-electron chi connectivity index (χ1n) is 15.3. The Morgan fingerprint density at radius 3 is 2.00 bits per heavy atom. The molecule has 2 aliphatic rings. The molecule has 216 valence electrons. The molecule has 0 spiro atoms. The second-order valence-corrected chi connectivity index (χ2v) is 11.1. The summed E-state index contributed by atoms with van der Waals surface area (Å²) < 4.78 is 0. The van der Waals surface area contributed by atoms with E-state index in [1.807, 2.05) is 24.3 Å². The molecule has 0 bridgehead atoms. The van der Waals surface area contributed by atoms with Crippen molar-refractivity contribution in [1.82, 2.24) is 0 Å². The SMILES string of the molecule is C=CC=CC(=C)C(=C)C=CC(=C)c1ccccccc(C2=CC=C(C3=CC=CCC3)CC2)c2ccc(-c3ccccc3)cc12. The third kappa shape index (κ3) is 7.41. The molecule has 0 heteroatoms. The first-order chi connectivity index (χ1) is 21.5. The van der Waals surface area contributed by atoms with Crippen molar-refractivity contribution in [2.75, 3.05) is 0 Å². The van der Waals surface area contributed by atoms with E-state index < -0.39 is 0 Å². The molecular weight excluding hydrogens is 528 g/mol. The predicted molar refractivity (Wildman–Crippen MR) is 195 cm³/mol. The van der Waals surface area contributed by atoms with Crippen molar-refractivity contribution >= 4 is 21.9 Å². The van der Waals surface area contributed by atoms with Crippen molar-refractivity contribution in [3.8, 4) is 11.1 Å². The van der Waals surface area contributed by atoms with E-state index >= 15 is 0 Å². The molecule has 0 amide bonds. The fourth-order valence-corrected chi connectivity index (χ4v) is 5.67. The summed E-state index contributed by atoms with van der Waals surface area (Å²) in [4.78, 5) is 0. The molecular formula is C44H40. The van der Waals surface area contributed by atoms with Crippen LogP contribution < -0.4 is 0 Å². The Hall–Kier alpha value is -5.20. The minimum Gasteiger partial charge on any atom is -0.0991 e. The zero-order valence-electron chi connectivity index (χ0n) is 25.5. The van der Waals surface area contributed by atoms with Gasteiger partial charge in [0.25, 0.3) is 0 Å². The maximum Gasteiger partial charge on any atom is -0.00933 e. The number of fused-ring (bicyclic) bond motifs is 1. The molecule has 0 nitrogen and oxygen atoms in total.